The predicted molar refractivity (Wildman–Crippen MR) is 110 cm³/mol. The lowest BCUT2D eigenvalue weighted by Gasteiger charge is -2.28. The van der Waals surface area contributed by atoms with Gasteiger partial charge in [0.1, 0.15) is 5.75 Å². The normalized spacial score (nSPS) is 19.5. The average Bonchev–Trinajstić information content (AvgIpc) is 2.72. The quantitative estimate of drug-likeness (QED) is 0.557. The van der Waals surface area contributed by atoms with Gasteiger partial charge >= 0.3 is 0 Å². The van der Waals surface area contributed by atoms with E-state index in [1.165, 1.54) is 37.7 Å². The fourth-order valence-electron chi connectivity index (χ4n) is 3.74. The van der Waals surface area contributed by atoms with E-state index in [9.17, 15) is 0 Å². The molecule has 1 fully saturated rings. The smallest absolute Gasteiger partial charge is 0.119 e. The van der Waals surface area contributed by atoms with E-state index in [-0.39, 0.29) is 0 Å². The summed E-state index contributed by atoms with van der Waals surface area (Å²) in [6.07, 6.45) is 7.83. The molecule has 0 N–H and O–H groups in total. The minimum absolute atomic E-state index is 0.746. The van der Waals surface area contributed by atoms with Crippen LogP contribution in [-0.4, -0.2) is 6.61 Å². The molecule has 136 valence electrons. The van der Waals surface area contributed by atoms with Gasteiger partial charge in [-0.2, -0.15) is 0 Å². The molecule has 0 heterocycles. The molecule has 0 aromatic heterocycles. The minimum atomic E-state index is 0.746. The standard InChI is InChI=1S/C25H30O/c1-3-19-26-25-17-11-22(12-18-25)6-5-21-9-15-24(16-10-21)23-13-7-20(4-2)8-14-23/h9-12,15-18,20,23H,3-4,7-8,13-14,19H2,1-2H3. The van der Waals surface area contributed by atoms with Gasteiger partial charge in [0, 0.05) is 11.1 Å². The van der Waals surface area contributed by atoms with Crippen LogP contribution in [0.1, 0.15) is 75.0 Å². The topological polar surface area (TPSA) is 9.23 Å². The summed E-state index contributed by atoms with van der Waals surface area (Å²) >= 11 is 0. The Labute approximate surface area is 158 Å². The van der Waals surface area contributed by atoms with Crippen molar-refractivity contribution in [2.45, 2.75) is 58.3 Å². The van der Waals surface area contributed by atoms with Gasteiger partial charge in [-0.05, 0) is 85.9 Å². The van der Waals surface area contributed by atoms with E-state index in [2.05, 4.69) is 50.0 Å². The molecule has 0 atom stereocenters. The first-order chi connectivity index (χ1) is 12.8. The molecule has 3 rings (SSSR count). The summed E-state index contributed by atoms with van der Waals surface area (Å²) in [7, 11) is 0. The zero-order valence-electron chi connectivity index (χ0n) is 16.1. The van der Waals surface area contributed by atoms with Crippen LogP contribution >= 0.6 is 0 Å². The molecular weight excluding hydrogens is 316 g/mol. The summed E-state index contributed by atoms with van der Waals surface area (Å²) in [5, 5.41) is 0. The van der Waals surface area contributed by atoms with Crippen molar-refractivity contribution in [1.82, 2.24) is 0 Å². The van der Waals surface area contributed by atoms with Gasteiger partial charge in [0.25, 0.3) is 0 Å². The Bertz CT molecular complexity index is 722. The highest BCUT2D eigenvalue weighted by Crippen LogP contribution is 2.36. The molecule has 1 heteroatoms. The molecule has 1 aliphatic rings. The van der Waals surface area contributed by atoms with Crippen LogP contribution in [0.25, 0.3) is 0 Å². The molecule has 26 heavy (non-hydrogen) atoms. The second-order valence-electron chi connectivity index (χ2n) is 7.37. The first-order valence-electron chi connectivity index (χ1n) is 10.1. The summed E-state index contributed by atoms with van der Waals surface area (Å²) < 4.78 is 5.61. The van der Waals surface area contributed by atoms with Crippen molar-refractivity contribution in [2.75, 3.05) is 6.61 Å². The highest BCUT2D eigenvalue weighted by molar-refractivity contribution is 5.45. The molecular formula is C25H30O. The van der Waals surface area contributed by atoms with Crippen LogP contribution < -0.4 is 4.74 Å². The van der Waals surface area contributed by atoms with Crippen molar-refractivity contribution >= 4 is 0 Å². The third kappa shape index (κ3) is 5.15. The lowest BCUT2D eigenvalue weighted by Crippen LogP contribution is -2.12. The van der Waals surface area contributed by atoms with Crippen LogP contribution in [0.3, 0.4) is 0 Å². The Balaban J connectivity index is 1.59. The van der Waals surface area contributed by atoms with Crippen molar-refractivity contribution in [3.05, 3.63) is 65.2 Å². The molecule has 0 saturated heterocycles. The zero-order chi connectivity index (χ0) is 18.2. The molecule has 0 bridgehead atoms. The Hall–Kier alpha value is -2.20. The number of ether oxygens (including phenoxy) is 1. The van der Waals surface area contributed by atoms with E-state index in [0.29, 0.717) is 0 Å². The number of rotatable bonds is 5. The largest absolute Gasteiger partial charge is 0.494 e. The van der Waals surface area contributed by atoms with Crippen molar-refractivity contribution in [1.29, 1.82) is 0 Å². The molecule has 1 saturated carbocycles. The van der Waals surface area contributed by atoms with Crippen LogP contribution in [0.4, 0.5) is 0 Å². The van der Waals surface area contributed by atoms with E-state index < -0.39 is 0 Å². The van der Waals surface area contributed by atoms with Gasteiger partial charge < -0.3 is 4.74 Å². The SMILES string of the molecule is CCCOc1ccc(C#Cc2ccc(C3CCC(CC)CC3)cc2)cc1. The first-order valence-corrected chi connectivity index (χ1v) is 10.1. The second kappa shape index (κ2) is 9.48. The number of hydrogen-bond acceptors (Lipinski definition) is 1. The molecule has 0 radical (unpaired) electrons. The summed E-state index contributed by atoms with van der Waals surface area (Å²) in [6.45, 7) is 5.20. The van der Waals surface area contributed by atoms with Crippen LogP contribution in [-0.2, 0) is 0 Å². The molecule has 0 amide bonds. The van der Waals surface area contributed by atoms with E-state index in [4.69, 9.17) is 4.74 Å². The van der Waals surface area contributed by atoms with Gasteiger partial charge in [-0.25, -0.2) is 0 Å². The third-order valence-corrected chi connectivity index (χ3v) is 5.48. The van der Waals surface area contributed by atoms with Gasteiger partial charge in [0.15, 0.2) is 0 Å². The Morgan fingerprint density at radius 3 is 1.92 bits per heavy atom. The number of hydrogen-bond donors (Lipinski definition) is 0. The molecule has 1 aliphatic carbocycles. The molecule has 0 unspecified atom stereocenters. The summed E-state index contributed by atoms with van der Waals surface area (Å²) in [5.74, 6) is 9.15. The lowest BCUT2D eigenvalue weighted by atomic mass is 9.78. The van der Waals surface area contributed by atoms with Gasteiger partial charge in [0.2, 0.25) is 0 Å². The van der Waals surface area contributed by atoms with Crippen molar-refractivity contribution in [2.24, 2.45) is 5.92 Å². The fourth-order valence-corrected chi connectivity index (χ4v) is 3.74. The maximum Gasteiger partial charge on any atom is 0.119 e. The minimum Gasteiger partial charge on any atom is -0.494 e. The van der Waals surface area contributed by atoms with Crippen LogP contribution in [0.5, 0.6) is 5.75 Å². The number of benzene rings is 2. The predicted octanol–water partition coefficient (Wildman–Crippen LogP) is 6.56. The van der Waals surface area contributed by atoms with Gasteiger partial charge in [-0.3, -0.25) is 0 Å². The van der Waals surface area contributed by atoms with Gasteiger partial charge in [-0.1, -0.05) is 44.2 Å². The van der Waals surface area contributed by atoms with E-state index in [1.54, 1.807) is 0 Å². The second-order valence-corrected chi connectivity index (χ2v) is 7.37. The molecule has 0 aliphatic heterocycles. The molecule has 2 aromatic carbocycles. The monoisotopic (exact) mass is 346 g/mol. The first kappa shape index (κ1) is 18.6. The maximum absolute atomic E-state index is 5.61. The Kier molecular flexibility index (Phi) is 6.78. The molecule has 2 aromatic rings. The average molecular weight is 347 g/mol. The van der Waals surface area contributed by atoms with Gasteiger partial charge in [-0.15, -0.1) is 0 Å². The van der Waals surface area contributed by atoms with Crippen molar-refractivity contribution < 1.29 is 4.74 Å². The zero-order valence-corrected chi connectivity index (χ0v) is 16.1. The Morgan fingerprint density at radius 1 is 0.808 bits per heavy atom. The lowest BCUT2D eigenvalue weighted by molar-refractivity contribution is 0.317. The molecule has 0 spiro atoms. The Morgan fingerprint density at radius 2 is 1.38 bits per heavy atom. The van der Waals surface area contributed by atoms with E-state index in [0.717, 1.165) is 41.7 Å². The molecule has 1 nitrogen and oxygen atoms in total. The van der Waals surface area contributed by atoms with E-state index >= 15 is 0 Å². The highest BCUT2D eigenvalue weighted by Gasteiger charge is 2.20. The third-order valence-electron chi connectivity index (χ3n) is 5.48. The fraction of sp³-hybridized carbons (Fsp3) is 0.440. The van der Waals surface area contributed by atoms with Gasteiger partial charge in [0.05, 0.1) is 6.61 Å². The maximum atomic E-state index is 5.61. The van der Waals surface area contributed by atoms with Crippen molar-refractivity contribution in [3.63, 3.8) is 0 Å². The van der Waals surface area contributed by atoms with Crippen LogP contribution in [0.2, 0.25) is 0 Å². The van der Waals surface area contributed by atoms with E-state index in [1.807, 2.05) is 24.3 Å². The summed E-state index contributed by atoms with van der Waals surface area (Å²) in [4.78, 5) is 0. The van der Waals surface area contributed by atoms with Crippen LogP contribution in [0, 0.1) is 17.8 Å². The summed E-state index contributed by atoms with van der Waals surface area (Å²) in [6, 6.07) is 17.0. The summed E-state index contributed by atoms with van der Waals surface area (Å²) in [5.41, 5.74) is 3.60. The van der Waals surface area contributed by atoms with Crippen molar-refractivity contribution in [3.8, 4) is 17.6 Å². The van der Waals surface area contributed by atoms with Crippen LogP contribution in [0.15, 0.2) is 48.5 Å². The highest BCUT2D eigenvalue weighted by atomic mass is 16.5.